The number of hydrogen-bond donors (Lipinski definition) is 4. The van der Waals surface area contributed by atoms with Crippen LogP contribution in [0, 0.1) is 25.2 Å². The zero-order chi connectivity index (χ0) is 36.8. The fraction of sp³-hybridized carbons (Fsp3) is 0.410. The van der Waals surface area contributed by atoms with Crippen molar-refractivity contribution in [2.24, 2.45) is 0 Å². The Morgan fingerprint density at radius 3 is 2.63 bits per heavy atom. The number of hydrogen-bond acceptors (Lipinski definition) is 10. The van der Waals surface area contributed by atoms with E-state index in [0.717, 1.165) is 39.1 Å². The van der Waals surface area contributed by atoms with E-state index in [4.69, 9.17) is 31.2 Å². The number of thiocarbonyl (C=S) groups is 1. The second-order valence-electron chi connectivity index (χ2n) is 13.8. The second-order valence-corrected chi connectivity index (χ2v) is 14.2. The molecule has 0 saturated carbocycles. The van der Waals surface area contributed by atoms with Gasteiger partial charge in [0.1, 0.15) is 24.4 Å². The molecule has 0 spiro atoms. The molecule has 7 rings (SSSR count). The minimum absolute atomic E-state index is 0.0406. The molecule has 3 unspecified atom stereocenters. The number of benzene rings is 3. The fourth-order valence-electron chi connectivity index (χ4n) is 8.67. The lowest BCUT2D eigenvalue weighted by molar-refractivity contribution is -0.123. The van der Waals surface area contributed by atoms with E-state index < -0.39 is 18.1 Å². The molecule has 272 valence electrons. The molecule has 52 heavy (non-hydrogen) atoms. The molecule has 1 amide bonds. The van der Waals surface area contributed by atoms with Gasteiger partial charge in [0.25, 0.3) is 0 Å². The summed E-state index contributed by atoms with van der Waals surface area (Å²) in [5.74, 6) is 2.14. The average molecular weight is 725 g/mol. The molecule has 0 radical (unpaired) electrons. The van der Waals surface area contributed by atoms with Gasteiger partial charge in [0.15, 0.2) is 28.1 Å². The lowest BCUT2D eigenvalue weighted by Gasteiger charge is -2.60. The van der Waals surface area contributed by atoms with Crippen molar-refractivity contribution in [3.05, 3.63) is 82.4 Å². The summed E-state index contributed by atoms with van der Waals surface area (Å²) in [6.07, 6.45) is 2.74. The maximum Gasteiger partial charge on any atom is 0.242 e. The highest BCUT2D eigenvalue weighted by molar-refractivity contribution is 7.80. The zero-order valence-corrected chi connectivity index (χ0v) is 30.8. The molecule has 12 nitrogen and oxygen atoms in total. The van der Waals surface area contributed by atoms with Crippen molar-refractivity contribution < 1.29 is 28.8 Å². The minimum atomic E-state index is -0.671. The van der Waals surface area contributed by atoms with Crippen molar-refractivity contribution in [2.75, 3.05) is 39.4 Å². The molecule has 6 atom stereocenters. The summed E-state index contributed by atoms with van der Waals surface area (Å²) in [7, 11) is 3.59. The van der Waals surface area contributed by atoms with Crippen LogP contribution in [0.15, 0.2) is 49.1 Å². The first-order valence-corrected chi connectivity index (χ1v) is 17.9. The van der Waals surface area contributed by atoms with Gasteiger partial charge in [0.2, 0.25) is 12.7 Å². The smallest absolute Gasteiger partial charge is 0.242 e. The van der Waals surface area contributed by atoms with Crippen molar-refractivity contribution in [3.63, 3.8) is 0 Å². The third kappa shape index (κ3) is 5.84. The molecule has 4 N–H and O–H groups in total. The van der Waals surface area contributed by atoms with Gasteiger partial charge in [0.05, 0.1) is 25.3 Å². The predicted octanol–water partition coefficient (Wildman–Crippen LogP) is 4.57. The molecule has 4 heterocycles. The third-order valence-electron chi connectivity index (χ3n) is 10.9. The maximum atomic E-state index is 13.8. The highest BCUT2D eigenvalue weighted by Crippen LogP contribution is 2.58. The Balaban J connectivity index is 1.31. The third-order valence-corrected chi connectivity index (χ3v) is 11.1. The normalized spacial score (nSPS) is 23.2. The number of aryl methyl sites for hydroxylation is 1. The van der Waals surface area contributed by atoms with Crippen LogP contribution in [0.25, 0.3) is 0 Å². The molecule has 1 saturated heterocycles. The van der Waals surface area contributed by atoms with E-state index in [-0.39, 0.29) is 49.7 Å². The quantitative estimate of drug-likeness (QED) is 0.182. The first-order valence-electron chi connectivity index (χ1n) is 17.5. The SMILES string of the molecule is C=CCOc1c(C)c2c(c3c1CC1[C@H]4c5c(cc(C)c(OC)c5O)C[C@@H](C(C#N)N1[C@H]3CNC(=O)C(C)NC(=S)Nc1ccccc1)N4C)OCO2. The average Bonchev–Trinajstić information content (AvgIpc) is 3.62. The number of carbonyl (C=O) groups is 1. The highest BCUT2D eigenvalue weighted by atomic mass is 32.1. The van der Waals surface area contributed by atoms with Crippen LogP contribution in [0.5, 0.6) is 28.7 Å². The Morgan fingerprint density at radius 2 is 1.92 bits per heavy atom. The zero-order valence-electron chi connectivity index (χ0n) is 30.0. The van der Waals surface area contributed by atoms with E-state index >= 15 is 0 Å². The van der Waals surface area contributed by atoms with Crippen molar-refractivity contribution in [1.82, 2.24) is 20.4 Å². The van der Waals surface area contributed by atoms with E-state index in [9.17, 15) is 15.2 Å². The van der Waals surface area contributed by atoms with E-state index in [1.807, 2.05) is 51.2 Å². The number of carbonyl (C=O) groups excluding carboxylic acids is 1. The van der Waals surface area contributed by atoms with Gasteiger partial charge in [-0.15, -0.1) is 0 Å². The van der Waals surface area contributed by atoms with Crippen molar-refractivity contribution in [2.45, 2.75) is 69.9 Å². The number of para-hydroxylation sites is 1. The number of amides is 1. The number of piperazine rings is 1. The molecule has 4 aliphatic rings. The number of anilines is 1. The number of nitrogens with zero attached hydrogens (tertiary/aromatic N) is 3. The van der Waals surface area contributed by atoms with Crippen LogP contribution in [0.3, 0.4) is 0 Å². The van der Waals surface area contributed by atoms with Crippen LogP contribution >= 0.6 is 12.2 Å². The Kier molecular flexibility index (Phi) is 9.65. The molecule has 2 bridgehead atoms. The van der Waals surface area contributed by atoms with Crippen LogP contribution in [0.1, 0.15) is 52.4 Å². The molecule has 4 aliphatic heterocycles. The molecule has 1 fully saturated rings. The van der Waals surface area contributed by atoms with E-state index in [0.29, 0.717) is 41.0 Å². The van der Waals surface area contributed by atoms with E-state index in [1.165, 1.54) is 0 Å². The van der Waals surface area contributed by atoms with Gasteiger partial charge in [0, 0.05) is 46.6 Å². The summed E-state index contributed by atoms with van der Waals surface area (Å²) in [5, 5.41) is 32.4. The number of rotatable bonds is 9. The van der Waals surface area contributed by atoms with Crippen molar-refractivity contribution in [3.8, 4) is 34.8 Å². The molecule has 3 aromatic carbocycles. The number of phenols is 1. The predicted molar refractivity (Wildman–Crippen MR) is 200 cm³/mol. The van der Waals surface area contributed by atoms with Gasteiger partial charge >= 0.3 is 0 Å². The Morgan fingerprint density at radius 1 is 1.17 bits per heavy atom. The number of nitrogens with one attached hydrogen (secondary N) is 3. The number of fused-ring (bicyclic) bond motifs is 9. The van der Waals surface area contributed by atoms with Gasteiger partial charge < -0.3 is 40.0 Å². The van der Waals surface area contributed by atoms with Crippen LogP contribution < -0.4 is 34.9 Å². The number of nitriles is 1. The van der Waals surface area contributed by atoms with E-state index in [2.05, 4.69) is 44.5 Å². The molecular formula is C39H44N6O6S. The summed E-state index contributed by atoms with van der Waals surface area (Å²) >= 11 is 5.51. The molecule has 3 aromatic rings. The van der Waals surface area contributed by atoms with Gasteiger partial charge in [-0.25, -0.2) is 0 Å². The fourth-order valence-corrected chi connectivity index (χ4v) is 8.96. The summed E-state index contributed by atoms with van der Waals surface area (Å²) < 4.78 is 24.3. The lowest BCUT2D eigenvalue weighted by Crippen LogP contribution is -2.69. The van der Waals surface area contributed by atoms with Gasteiger partial charge in [-0.05, 0) is 76.1 Å². The minimum Gasteiger partial charge on any atom is -0.504 e. The number of aromatic hydroxyl groups is 1. The monoisotopic (exact) mass is 724 g/mol. The number of ether oxygens (including phenoxy) is 4. The van der Waals surface area contributed by atoms with Crippen LogP contribution in [-0.4, -0.2) is 84.2 Å². The van der Waals surface area contributed by atoms with Crippen LogP contribution in [0.2, 0.25) is 0 Å². The summed E-state index contributed by atoms with van der Waals surface area (Å²) in [6, 6.07) is 11.7. The first kappa shape index (κ1) is 35.4. The van der Waals surface area contributed by atoms with Gasteiger partial charge in [-0.2, -0.15) is 5.26 Å². The molecular weight excluding hydrogens is 681 g/mol. The molecule has 13 heteroatoms. The Labute approximate surface area is 309 Å². The topological polar surface area (TPSA) is 141 Å². The van der Waals surface area contributed by atoms with Crippen LogP contribution in [0.4, 0.5) is 5.69 Å². The highest BCUT2D eigenvalue weighted by Gasteiger charge is 2.56. The first-order chi connectivity index (χ1) is 25.1. The maximum absolute atomic E-state index is 13.8. The van der Waals surface area contributed by atoms with Crippen LogP contribution in [-0.2, 0) is 17.6 Å². The standard InChI is InChI=1S/C39H44N6O6S/c1-7-13-49-35-21(3)36-37(51-19-50-36)31-25(35)16-27-32-30-23(14-20(2)34(48-6)33(30)46)15-26(44(32)5)28(17-40)45(27)29(31)18-41-38(47)22(4)42-39(52)43-24-11-9-8-10-12-24/h7-12,14,22,26-29,32,46H,1,13,15-16,18-19H2,2-6H3,(H,41,47)(H2,42,43,52)/t22?,26-,27?,28?,29-,32-/m0/s1. The lowest BCUT2D eigenvalue weighted by atomic mass is 9.71. The molecule has 0 aromatic heterocycles. The van der Waals surface area contributed by atoms with E-state index in [1.54, 1.807) is 20.1 Å². The second kappa shape index (κ2) is 14.2. The van der Waals surface area contributed by atoms with Gasteiger partial charge in [-0.3, -0.25) is 14.6 Å². The Hall–Kier alpha value is -5.03. The van der Waals surface area contributed by atoms with Crippen molar-refractivity contribution >= 4 is 28.9 Å². The van der Waals surface area contributed by atoms with Gasteiger partial charge in [-0.1, -0.05) is 36.9 Å². The number of methoxy groups -OCH3 is 1. The number of likely N-dealkylation sites (N-methyl/N-ethyl adjacent to an activating group) is 1. The number of phenolic OH excluding ortho intramolecular Hbond substituents is 1. The largest absolute Gasteiger partial charge is 0.504 e. The summed E-state index contributed by atoms with van der Waals surface area (Å²) in [4.78, 5) is 18.2. The Bertz CT molecular complexity index is 1970. The van der Waals surface area contributed by atoms with Crippen molar-refractivity contribution in [1.29, 1.82) is 5.26 Å². The summed E-state index contributed by atoms with van der Waals surface area (Å²) in [6.45, 7) is 9.96. The molecule has 0 aliphatic carbocycles. The summed E-state index contributed by atoms with van der Waals surface area (Å²) in [5.41, 5.74) is 5.99.